The fourth-order valence-corrected chi connectivity index (χ4v) is 1.61. The number of benzene rings is 2. The van der Waals surface area contributed by atoms with E-state index >= 15 is 0 Å². The fraction of sp³-hybridized carbons (Fsp3) is 0. The zero-order valence-corrected chi connectivity index (χ0v) is 10.6. The molecule has 0 unspecified atom stereocenters. The number of carbonyl (C=O) groups excluding carboxylic acids is 2. The Morgan fingerprint density at radius 3 is 2.15 bits per heavy atom. The zero-order chi connectivity index (χ0) is 14.4. The van der Waals surface area contributed by atoms with Crippen molar-refractivity contribution in [3.8, 4) is 11.1 Å². The summed E-state index contributed by atoms with van der Waals surface area (Å²) in [5.41, 5.74) is 9.82. The first kappa shape index (κ1) is 13.5. The minimum Gasteiger partial charge on any atom is -0.361 e. The van der Waals surface area contributed by atoms with Gasteiger partial charge in [0.15, 0.2) is 0 Å². The summed E-state index contributed by atoms with van der Waals surface area (Å²) in [4.78, 5) is 21.4. The zero-order valence-electron chi connectivity index (χ0n) is 10.6. The van der Waals surface area contributed by atoms with Crippen molar-refractivity contribution in [3.63, 3.8) is 0 Å². The van der Waals surface area contributed by atoms with Gasteiger partial charge in [-0.05, 0) is 16.7 Å². The van der Waals surface area contributed by atoms with Gasteiger partial charge in [0.25, 0.3) is 0 Å². The third-order valence-electron chi connectivity index (χ3n) is 2.62. The van der Waals surface area contributed by atoms with E-state index in [1.807, 2.05) is 60.0 Å². The van der Waals surface area contributed by atoms with Crippen molar-refractivity contribution in [3.05, 3.63) is 60.2 Å². The molecule has 0 radical (unpaired) electrons. The molecule has 0 aliphatic rings. The number of primary amides is 1. The van der Waals surface area contributed by atoms with Gasteiger partial charge in [-0.3, -0.25) is 9.59 Å². The molecule has 0 aliphatic carbocycles. The molecule has 20 heavy (non-hydrogen) atoms. The molecule has 2 aromatic rings. The summed E-state index contributed by atoms with van der Waals surface area (Å²) in [6, 6.07) is 17.6. The van der Waals surface area contributed by atoms with Crippen LogP contribution in [-0.4, -0.2) is 18.0 Å². The Hall–Kier alpha value is -2.95. The molecule has 3 N–H and O–H groups in total. The van der Waals surface area contributed by atoms with Crippen LogP contribution >= 0.6 is 0 Å². The van der Waals surface area contributed by atoms with Gasteiger partial charge in [-0.2, -0.15) is 5.10 Å². The topological polar surface area (TPSA) is 84.5 Å². The molecule has 0 fully saturated rings. The molecule has 2 amide bonds. The van der Waals surface area contributed by atoms with Crippen LogP contribution in [0.5, 0.6) is 0 Å². The quantitative estimate of drug-likeness (QED) is 0.499. The molecule has 100 valence electrons. The van der Waals surface area contributed by atoms with E-state index in [-0.39, 0.29) is 0 Å². The minimum atomic E-state index is -1.07. The van der Waals surface area contributed by atoms with Crippen LogP contribution in [0.4, 0.5) is 0 Å². The molecule has 2 aromatic carbocycles. The van der Waals surface area contributed by atoms with Crippen molar-refractivity contribution in [1.82, 2.24) is 5.43 Å². The maximum atomic E-state index is 10.9. The van der Waals surface area contributed by atoms with Crippen molar-refractivity contribution in [2.45, 2.75) is 0 Å². The summed E-state index contributed by atoms with van der Waals surface area (Å²) in [6.07, 6.45) is 1.44. The van der Waals surface area contributed by atoms with Crippen molar-refractivity contribution in [1.29, 1.82) is 0 Å². The standard InChI is InChI=1S/C15H13N3O2/c16-14(19)15(20)18-17-10-11-6-8-13(9-7-11)12-4-2-1-3-5-12/h1-10H,(H2,16,19)(H,18,20)/b17-10+. The first-order valence-electron chi connectivity index (χ1n) is 5.95. The summed E-state index contributed by atoms with van der Waals surface area (Å²) in [5, 5.41) is 3.64. The molecule has 0 spiro atoms. The molecule has 0 heterocycles. The van der Waals surface area contributed by atoms with E-state index in [4.69, 9.17) is 5.73 Å². The number of rotatable bonds is 3. The van der Waals surface area contributed by atoms with Crippen LogP contribution < -0.4 is 11.2 Å². The van der Waals surface area contributed by atoms with Gasteiger partial charge in [0.2, 0.25) is 0 Å². The minimum absolute atomic E-state index is 0.800. The third kappa shape index (κ3) is 3.52. The predicted molar refractivity (Wildman–Crippen MR) is 76.8 cm³/mol. The fourth-order valence-electron chi connectivity index (χ4n) is 1.61. The van der Waals surface area contributed by atoms with Crippen LogP contribution in [0.3, 0.4) is 0 Å². The van der Waals surface area contributed by atoms with Gasteiger partial charge in [-0.25, -0.2) is 5.43 Å². The Balaban J connectivity index is 2.04. The number of hydrogen-bond donors (Lipinski definition) is 2. The van der Waals surface area contributed by atoms with Crippen LogP contribution in [0.1, 0.15) is 5.56 Å². The summed E-state index contributed by atoms with van der Waals surface area (Å²) >= 11 is 0. The number of hydrazone groups is 1. The highest BCUT2D eigenvalue weighted by Crippen LogP contribution is 2.18. The molecule has 0 bridgehead atoms. The lowest BCUT2D eigenvalue weighted by Crippen LogP contribution is -2.32. The predicted octanol–water partition coefficient (Wildman–Crippen LogP) is 1.29. The Morgan fingerprint density at radius 2 is 1.55 bits per heavy atom. The average Bonchev–Trinajstić information content (AvgIpc) is 2.48. The third-order valence-corrected chi connectivity index (χ3v) is 2.62. The van der Waals surface area contributed by atoms with Crippen LogP contribution in [0, 0.1) is 0 Å². The Morgan fingerprint density at radius 1 is 0.950 bits per heavy atom. The summed E-state index contributed by atoms with van der Waals surface area (Å²) < 4.78 is 0. The van der Waals surface area contributed by atoms with Crippen LogP contribution in [0.2, 0.25) is 0 Å². The first-order valence-corrected chi connectivity index (χ1v) is 5.95. The number of carbonyl (C=O) groups is 2. The van der Waals surface area contributed by atoms with Crippen molar-refractivity contribution >= 4 is 18.0 Å². The second kappa shape index (κ2) is 6.29. The van der Waals surface area contributed by atoms with Gasteiger partial charge in [-0.1, -0.05) is 54.6 Å². The Bertz CT molecular complexity index is 634. The molecule has 5 heteroatoms. The lowest BCUT2D eigenvalue weighted by molar-refractivity contribution is -0.137. The van der Waals surface area contributed by atoms with Crippen molar-refractivity contribution < 1.29 is 9.59 Å². The number of nitrogens with zero attached hydrogens (tertiary/aromatic N) is 1. The van der Waals surface area contributed by atoms with E-state index < -0.39 is 11.8 Å². The number of nitrogens with one attached hydrogen (secondary N) is 1. The van der Waals surface area contributed by atoms with Gasteiger partial charge >= 0.3 is 11.8 Å². The van der Waals surface area contributed by atoms with E-state index in [1.54, 1.807) is 0 Å². The number of amides is 2. The van der Waals surface area contributed by atoms with E-state index in [0.29, 0.717) is 0 Å². The van der Waals surface area contributed by atoms with Gasteiger partial charge in [-0.15, -0.1) is 0 Å². The molecule has 5 nitrogen and oxygen atoms in total. The second-order valence-corrected chi connectivity index (χ2v) is 4.05. The smallest absolute Gasteiger partial charge is 0.329 e. The summed E-state index contributed by atoms with van der Waals surface area (Å²) in [7, 11) is 0. The molecule has 0 aromatic heterocycles. The summed E-state index contributed by atoms with van der Waals surface area (Å²) in [6.45, 7) is 0. The van der Waals surface area contributed by atoms with E-state index in [9.17, 15) is 9.59 Å². The second-order valence-electron chi connectivity index (χ2n) is 4.05. The van der Waals surface area contributed by atoms with E-state index in [2.05, 4.69) is 5.10 Å². The number of hydrogen-bond acceptors (Lipinski definition) is 3. The maximum Gasteiger partial charge on any atom is 0.329 e. The number of nitrogens with two attached hydrogens (primary N) is 1. The SMILES string of the molecule is NC(=O)C(=O)N/N=C/c1ccc(-c2ccccc2)cc1. The van der Waals surface area contributed by atoms with Crippen molar-refractivity contribution in [2.75, 3.05) is 0 Å². The van der Waals surface area contributed by atoms with Crippen LogP contribution in [0.25, 0.3) is 11.1 Å². The molecular formula is C15H13N3O2. The lowest BCUT2D eigenvalue weighted by atomic mass is 10.0. The van der Waals surface area contributed by atoms with Gasteiger partial charge in [0.05, 0.1) is 6.21 Å². The normalized spacial score (nSPS) is 10.4. The average molecular weight is 267 g/mol. The highest BCUT2D eigenvalue weighted by Gasteiger charge is 2.05. The molecular weight excluding hydrogens is 254 g/mol. The van der Waals surface area contributed by atoms with Gasteiger partial charge in [0.1, 0.15) is 0 Å². The first-order chi connectivity index (χ1) is 9.66. The molecule has 2 rings (SSSR count). The van der Waals surface area contributed by atoms with Crippen LogP contribution in [-0.2, 0) is 9.59 Å². The largest absolute Gasteiger partial charge is 0.361 e. The Labute approximate surface area is 116 Å². The lowest BCUT2D eigenvalue weighted by Gasteiger charge is -2.01. The van der Waals surface area contributed by atoms with Gasteiger partial charge in [0, 0.05) is 0 Å². The van der Waals surface area contributed by atoms with Crippen molar-refractivity contribution in [2.24, 2.45) is 10.8 Å². The molecule has 0 saturated carbocycles. The van der Waals surface area contributed by atoms with E-state index in [0.717, 1.165) is 16.7 Å². The highest BCUT2D eigenvalue weighted by molar-refractivity contribution is 6.34. The summed E-state index contributed by atoms with van der Waals surface area (Å²) in [5.74, 6) is -2.01. The maximum absolute atomic E-state index is 10.9. The molecule has 0 atom stereocenters. The highest BCUT2D eigenvalue weighted by atomic mass is 16.2. The van der Waals surface area contributed by atoms with Crippen LogP contribution in [0.15, 0.2) is 59.7 Å². The van der Waals surface area contributed by atoms with E-state index in [1.165, 1.54) is 6.21 Å². The Kier molecular flexibility index (Phi) is 4.24. The monoisotopic (exact) mass is 267 g/mol. The van der Waals surface area contributed by atoms with Gasteiger partial charge < -0.3 is 5.73 Å². The molecule has 0 aliphatic heterocycles. The molecule has 0 saturated heterocycles.